The zero-order valence-corrected chi connectivity index (χ0v) is 58.7. The van der Waals surface area contributed by atoms with E-state index >= 15 is 0 Å². The maximum Gasteiger partial charge on any atom is 0.255 e. The molecule has 0 saturated heterocycles. The highest BCUT2D eigenvalue weighted by Crippen LogP contribution is 2.28. The largest absolute Gasteiger partial charge is 0.324 e. The first-order valence-electron chi connectivity index (χ1n) is 44.8. The molecule has 0 radical (unpaired) electrons. The van der Waals surface area contributed by atoms with Gasteiger partial charge in [-0.1, -0.05) is 18.2 Å². The lowest BCUT2D eigenvalue weighted by Crippen LogP contribution is -2.14. The molecule has 0 saturated carbocycles. The van der Waals surface area contributed by atoms with E-state index in [4.69, 9.17) is 32.9 Å². The first-order valence-corrected chi connectivity index (χ1v) is 32.8. The van der Waals surface area contributed by atoms with Crippen LogP contribution in [-0.2, 0) is 0 Å². The van der Waals surface area contributed by atoms with Gasteiger partial charge in [0.15, 0.2) is 0 Å². The normalized spacial score (nSPS) is 14.7. The molecule has 0 aliphatic heterocycles. The number of hydrogen-bond donors (Lipinski definition) is 6. The van der Waals surface area contributed by atoms with Crippen molar-refractivity contribution in [3.8, 4) is 50.8 Å². The van der Waals surface area contributed by atoms with E-state index < -0.39 is 113 Å². The van der Waals surface area contributed by atoms with Crippen molar-refractivity contribution in [3.63, 3.8) is 0 Å². The Balaban J connectivity index is 0.000000169. The van der Waals surface area contributed by atoms with Crippen LogP contribution in [0.1, 0.15) is 114 Å². The van der Waals surface area contributed by atoms with Crippen molar-refractivity contribution in [2.45, 2.75) is 62.2 Å². The van der Waals surface area contributed by atoms with Gasteiger partial charge in [-0.05, 0) is 253 Å². The van der Waals surface area contributed by atoms with Crippen molar-refractivity contribution < 1.29 is 47.3 Å². The summed E-state index contributed by atoms with van der Waals surface area (Å²) in [6.07, 6.45) is 10.1. The number of imidazole rings is 2. The molecule has 15 rings (SSSR count). The van der Waals surface area contributed by atoms with E-state index in [-0.39, 0.29) is 124 Å². The quantitative estimate of drug-likeness (QED) is 0.0561. The van der Waals surface area contributed by atoms with E-state index in [2.05, 4.69) is 85.8 Å². The number of anilines is 3. The second kappa shape index (κ2) is 32.9. The molecule has 9 heterocycles. The Morgan fingerprint density at radius 2 is 1.01 bits per heavy atom. The van der Waals surface area contributed by atoms with E-state index in [1.165, 1.54) is 27.6 Å². The molecule has 0 spiro atoms. The summed E-state index contributed by atoms with van der Waals surface area (Å²) in [4.78, 5) is 93.8. The van der Waals surface area contributed by atoms with Gasteiger partial charge in [0, 0.05) is 152 Å². The number of carbonyl (C=O) groups excluding carboxylic acids is 3. The number of aromatic amines is 3. The van der Waals surface area contributed by atoms with Crippen molar-refractivity contribution >= 4 is 51.8 Å². The molecular formula is C85H76N20O3. The summed E-state index contributed by atoms with van der Waals surface area (Å²) in [5.74, 6) is -2.21. The highest BCUT2D eigenvalue weighted by atomic mass is 16.2. The number of H-pyrrole nitrogens is 3. The third-order valence-electron chi connectivity index (χ3n) is 15.4. The topological polar surface area (TPSA) is 290 Å². The third kappa shape index (κ3) is 18.5. The predicted octanol–water partition coefficient (Wildman–Crippen LogP) is 15.8. The van der Waals surface area contributed by atoms with Gasteiger partial charge in [0.25, 0.3) is 17.7 Å². The van der Waals surface area contributed by atoms with Gasteiger partial charge in [-0.15, -0.1) is 0 Å². The number of nitrogens with zero attached hydrogens (tertiary/aromatic N) is 14. The van der Waals surface area contributed by atoms with Crippen LogP contribution in [0, 0.1) is 62.2 Å². The molecule has 0 fully saturated rings. The summed E-state index contributed by atoms with van der Waals surface area (Å²) in [6, 6.07) is 17.7. The molecular weight excluding hydrogens is 1350 g/mol. The first kappa shape index (κ1) is 47.7. The van der Waals surface area contributed by atoms with Crippen molar-refractivity contribution in [1.29, 1.82) is 0 Å². The van der Waals surface area contributed by atoms with Gasteiger partial charge in [-0.3, -0.25) is 29.3 Å². The number of pyridine rings is 3. The average Bonchev–Trinajstić information content (AvgIpc) is 0.790. The number of rotatable bonds is 15. The Hall–Kier alpha value is -14.5. The van der Waals surface area contributed by atoms with Crippen molar-refractivity contribution in [1.82, 2.24) is 68.5 Å². The number of benzene rings is 6. The van der Waals surface area contributed by atoms with Crippen LogP contribution in [0.2, 0.25) is 0 Å². The summed E-state index contributed by atoms with van der Waals surface area (Å²) >= 11 is 0. The second-order valence-corrected chi connectivity index (χ2v) is 23.9. The van der Waals surface area contributed by atoms with Gasteiger partial charge in [0.2, 0.25) is 16.9 Å². The minimum atomic E-state index is -3.15. The fraction of sp³-hybridized carbons (Fsp3) is 0.106. The fourth-order valence-corrected chi connectivity index (χ4v) is 10.2. The molecule has 6 aromatic carbocycles. The molecule has 108 heavy (non-hydrogen) atoms. The standard InChI is InChI=1S/C29H26N6O.2C28H25N7O/c1-19-9-12-35(18-19)25-14-20(2)13-24(16-25)32-28(36)22-7-6-21(3)27(15-22)34-29-31-11-8-26(33-29)23-5-4-10-30-17-23;2*1-18-11-23(14-24(12-18)35-16-20(3)31-17-35)32-27(36)21-7-6-19(2)26(13-21)34-28-30-10-8-25(33-28)22-5-4-9-29-15-22/h4-18H,1-3H3,(H,32,36)(H,31,33,34);2*4-17H,1-3H3,(H,32,36)(H,30,33,34)/i8D,11D,13D,14D,16D;2D3,4D,5D,6D,7D,8D,9D,10D,13D,15D,16D,17D;8D,10D,11D,12D,14D. The molecule has 0 unspecified atom stereocenters. The molecule has 6 N–H and O–H groups in total. The van der Waals surface area contributed by atoms with Crippen LogP contribution in [0.4, 0.5) is 34.1 Å². The third-order valence-corrected chi connectivity index (χ3v) is 15.4. The van der Waals surface area contributed by atoms with Gasteiger partial charge in [0.05, 0.1) is 85.6 Å². The van der Waals surface area contributed by atoms with E-state index in [0.29, 0.717) is 67.7 Å². The van der Waals surface area contributed by atoms with Crippen molar-refractivity contribution in [3.05, 3.63) is 346 Å². The van der Waals surface area contributed by atoms with E-state index in [9.17, 15) is 14.4 Å². The molecule has 534 valence electrons. The highest BCUT2D eigenvalue weighted by molar-refractivity contribution is 6.06. The van der Waals surface area contributed by atoms with Crippen LogP contribution in [0.5, 0.6) is 0 Å². The van der Waals surface area contributed by atoms with Crippen LogP contribution in [0.3, 0.4) is 0 Å². The number of aromatic nitrogens is 14. The molecule has 23 heteroatoms. The first-order chi connectivity index (χ1) is 62.3. The van der Waals surface area contributed by atoms with E-state index in [1.54, 1.807) is 149 Å². The Kier molecular flexibility index (Phi) is 14.5. The zero-order chi connectivity index (χ0) is 96.0. The minimum Gasteiger partial charge on any atom is -0.324 e. The fourth-order valence-electron chi connectivity index (χ4n) is 10.2. The SMILES string of the molecule is [2H]c1nc(=Nc2c([2H])c(C(=O)Nc3cc(C)cc(-n4c([2H])nc(C)c4[2H])c3)c([2H])c([2H])c2C([2H])([2H])[2H])[nH]c(-c2c([2H])nc([2H])c([2H])c2[2H])c1[2H].[2H]c1nc(=Nc2cc(C(=O)Nc3c([2H])c(C)c([2H])c(-n4ccc(C)c4)c3[2H])ccc2C)[nH]c(-c2cccnc2)c1[2H].[2H]c1nc(=Nc2cc(C(=O)Nc3c([2H])c(C)c([2H])c(-n4cnc(C)c4)c3[2H])ccc2C)[nH]c(-c2cccnc2)c1[2H]. The lowest BCUT2D eigenvalue weighted by molar-refractivity contribution is 0.101. The summed E-state index contributed by atoms with van der Waals surface area (Å²) in [6.45, 7) is 10.6. The van der Waals surface area contributed by atoms with Gasteiger partial charge in [-0.2, -0.15) is 0 Å². The Labute approximate surface area is 656 Å². The summed E-state index contributed by atoms with van der Waals surface area (Å²) in [5.41, 5.74) is 4.90. The number of amides is 3. The number of hydrogen-bond acceptors (Lipinski definition) is 14. The van der Waals surface area contributed by atoms with Crippen molar-refractivity contribution in [2.75, 3.05) is 16.0 Å². The second-order valence-electron chi connectivity index (χ2n) is 23.9. The van der Waals surface area contributed by atoms with Gasteiger partial charge < -0.3 is 44.6 Å². The smallest absolute Gasteiger partial charge is 0.255 e. The summed E-state index contributed by atoms with van der Waals surface area (Å²) in [5, 5.41) is 7.90. The molecule has 3 amide bonds. The monoisotopic (exact) mass is 1450 g/mol. The Morgan fingerprint density at radius 3 is 1.54 bits per heavy atom. The number of nitrogens with one attached hydrogen (secondary N) is 6. The average molecular weight is 1450 g/mol. The summed E-state index contributed by atoms with van der Waals surface area (Å²) < 4.78 is 203. The molecule has 0 atom stereocenters. The number of carbonyl (C=O) groups is 3. The van der Waals surface area contributed by atoms with Crippen molar-refractivity contribution in [2.24, 2.45) is 15.0 Å². The molecule has 9 aromatic heterocycles. The molecule has 0 aliphatic rings. The molecule has 15 aromatic rings. The van der Waals surface area contributed by atoms with E-state index in [0.717, 1.165) is 16.7 Å². The number of aryl methyl sites for hydroxylation is 6. The minimum absolute atomic E-state index is 0.00455. The van der Waals surface area contributed by atoms with Gasteiger partial charge in [-0.25, -0.2) is 39.9 Å². The lowest BCUT2D eigenvalue weighted by atomic mass is 10.1. The van der Waals surface area contributed by atoms with Gasteiger partial charge in [0.1, 0.15) is 1.37 Å². The van der Waals surface area contributed by atoms with Crippen LogP contribution >= 0.6 is 0 Å². The maximum absolute atomic E-state index is 13.7. The summed E-state index contributed by atoms with van der Waals surface area (Å²) in [7, 11) is 0. The van der Waals surface area contributed by atoms with Crippen LogP contribution in [-0.4, -0.2) is 86.2 Å². The Bertz CT molecular complexity index is 7190. The molecule has 0 bridgehead atoms. The maximum atomic E-state index is 13.7. The Morgan fingerprint density at radius 1 is 0.444 bits per heavy atom. The predicted molar refractivity (Wildman–Crippen MR) is 420 cm³/mol. The highest BCUT2D eigenvalue weighted by Gasteiger charge is 2.16. The molecule has 0 aliphatic carbocycles. The lowest BCUT2D eigenvalue weighted by Gasteiger charge is -2.11. The van der Waals surface area contributed by atoms with Gasteiger partial charge >= 0.3 is 0 Å². The van der Waals surface area contributed by atoms with E-state index in [1.807, 2.05) is 26.8 Å². The zero-order valence-electron chi connectivity index (χ0n) is 82.7. The van der Waals surface area contributed by atoms with Crippen LogP contribution < -0.4 is 32.8 Å². The van der Waals surface area contributed by atoms with Crippen LogP contribution in [0.25, 0.3) is 50.8 Å². The molecule has 23 nitrogen and oxygen atoms in total. The van der Waals surface area contributed by atoms with Crippen LogP contribution in [0.15, 0.2) is 278 Å².